The fourth-order valence-corrected chi connectivity index (χ4v) is 3.42. The van der Waals surface area contributed by atoms with Gasteiger partial charge in [0.15, 0.2) is 0 Å². The first kappa shape index (κ1) is 16.3. The Bertz CT molecular complexity index is 478. The minimum atomic E-state index is 0.0891. The predicted octanol–water partition coefficient (Wildman–Crippen LogP) is 3.45. The van der Waals surface area contributed by atoms with Crippen LogP contribution in [0.4, 0.5) is 0 Å². The van der Waals surface area contributed by atoms with Crippen LogP contribution in [0, 0.1) is 11.8 Å². The Labute approximate surface area is 132 Å². The van der Waals surface area contributed by atoms with Crippen molar-refractivity contribution >= 4 is 17.5 Å². The van der Waals surface area contributed by atoms with Crippen LogP contribution in [-0.4, -0.2) is 23.9 Å². The lowest BCUT2D eigenvalue weighted by molar-refractivity contribution is -0.138. The number of rotatable bonds is 5. The van der Waals surface area contributed by atoms with Gasteiger partial charge in [-0.2, -0.15) is 0 Å². The second-order valence-electron chi connectivity index (χ2n) is 5.83. The average Bonchev–Trinajstić information content (AvgIpc) is 2.53. The highest BCUT2D eigenvalue weighted by molar-refractivity contribution is 6.31. The minimum Gasteiger partial charge on any atom is -0.338 e. The molecule has 1 aromatic carbocycles. The van der Waals surface area contributed by atoms with E-state index in [1.807, 2.05) is 36.1 Å². The third kappa shape index (κ3) is 3.98. The molecular weight excluding hydrogens is 284 g/mol. The molecule has 4 heteroatoms. The predicted molar refractivity (Wildman–Crippen MR) is 87.0 cm³/mol. The van der Waals surface area contributed by atoms with E-state index >= 15 is 0 Å². The summed E-state index contributed by atoms with van der Waals surface area (Å²) in [5.41, 5.74) is 6.87. The van der Waals surface area contributed by atoms with Crippen molar-refractivity contribution in [3.8, 4) is 0 Å². The van der Waals surface area contributed by atoms with Gasteiger partial charge in [0.2, 0.25) is 5.91 Å². The molecule has 2 N–H and O–H groups in total. The molecule has 0 aliphatic heterocycles. The quantitative estimate of drug-likeness (QED) is 0.905. The first-order chi connectivity index (χ1) is 10.2. The fourth-order valence-electron chi connectivity index (χ4n) is 3.23. The van der Waals surface area contributed by atoms with Crippen molar-refractivity contribution < 1.29 is 4.79 Å². The summed E-state index contributed by atoms with van der Waals surface area (Å²) in [6.45, 7) is 3.93. The molecule has 0 radical (unpaired) electrons. The van der Waals surface area contributed by atoms with Gasteiger partial charge in [-0.05, 0) is 43.9 Å². The minimum absolute atomic E-state index is 0.0891. The number of benzene rings is 1. The van der Waals surface area contributed by atoms with Crippen LogP contribution < -0.4 is 5.73 Å². The molecule has 2 unspecified atom stereocenters. The van der Waals surface area contributed by atoms with E-state index in [9.17, 15) is 4.79 Å². The number of hydrogen-bond donors (Lipinski definition) is 1. The van der Waals surface area contributed by atoms with Crippen molar-refractivity contribution in [2.45, 2.75) is 39.2 Å². The first-order valence-corrected chi connectivity index (χ1v) is 8.27. The van der Waals surface area contributed by atoms with Gasteiger partial charge >= 0.3 is 0 Å². The summed E-state index contributed by atoms with van der Waals surface area (Å²) in [6, 6.07) is 7.73. The Kier molecular flexibility index (Phi) is 6.07. The summed E-state index contributed by atoms with van der Waals surface area (Å²) in [7, 11) is 0. The van der Waals surface area contributed by atoms with E-state index in [0.717, 1.165) is 29.8 Å². The summed E-state index contributed by atoms with van der Waals surface area (Å²) in [5, 5.41) is 0.725. The summed E-state index contributed by atoms with van der Waals surface area (Å²) >= 11 is 6.21. The lowest BCUT2D eigenvalue weighted by Gasteiger charge is -2.34. The molecule has 2 atom stereocenters. The largest absolute Gasteiger partial charge is 0.338 e. The molecule has 3 nitrogen and oxygen atoms in total. The van der Waals surface area contributed by atoms with Gasteiger partial charge in [0.25, 0.3) is 0 Å². The second kappa shape index (κ2) is 7.81. The zero-order valence-corrected chi connectivity index (χ0v) is 13.5. The number of carbonyl (C=O) groups excluding carboxylic acids is 1. The monoisotopic (exact) mass is 308 g/mol. The van der Waals surface area contributed by atoms with Crippen molar-refractivity contribution in [1.29, 1.82) is 0 Å². The molecule has 0 aromatic heterocycles. The van der Waals surface area contributed by atoms with Crippen molar-refractivity contribution in [2.24, 2.45) is 17.6 Å². The van der Waals surface area contributed by atoms with Crippen LogP contribution in [-0.2, 0) is 11.3 Å². The lowest BCUT2D eigenvalue weighted by atomic mass is 9.78. The van der Waals surface area contributed by atoms with Crippen LogP contribution in [0.2, 0.25) is 5.02 Å². The molecule has 0 saturated heterocycles. The zero-order valence-electron chi connectivity index (χ0n) is 12.7. The maximum atomic E-state index is 12.8. The van der Waals surface area contributed by atoms with Crippen LogP contribution >= 0.6 is 11.6 Å². The summed E-state index contributed by atoms with van der Waals surface area (Å²) in [4.78, 5) is 14.8. The molecule has 1 aliphatic rings. The first-order valence-electron chi connectivity index (χ1n) is 7.89. The number of halogens is 1. The van der Waals surface area contributed by atoms with Gasteiger partial charge in [0.05, 0.1) is 0 Å². The van der Waals surface area contributed by atoms with Gasteiger partial charge in [-0.1, -0.05) is 42.6 Å². The van der Waals surface area contributed by atoms with E-state index in [-0.39, 0.29) is 11.8 Å². The highest BCUT2D eigenvalue weighted by atomic mass is 35.5. The van der Waals surface area contributed by atoms with Gasteiger partial charge in [0, 0.05) is 24.0 Å². The molecule has 1 saturated carbocycles. The second-order valence-corrected chi connectivity index (χ2v) is 6.24. The zero-order chi connectivity index (χ0) is 15.2. The van der Waals surface area contributed by atoms with Crippen molar-refractivity contribution in [2.75, 3.05) is 13.1 Å². The van der Waals surface area contributed by atoms with E-state index in [4.69, 9.17) is 17.3 Å². The van der Waals surface area contributed by atoms with Crippen LogP contribution in [0.1, 0.15) is 38.2 Å². The molecular formula is C17H25ClN2O. The Morgan fingerprint density at radius 1 is 1.33 bits per heavy atom. The Morgan fingerprint density at radius 3 is 2.71 bits per heavy atom. The number of amides is 1. The van der Waals surface area contributed by atoms with Gasteiger partial charge in [0.1, 0.15) is 0 Å². The molecule has 116 valence electrons. The Hall–Kier alpha value is -1.06. The number of nitrogens with zero attached hydrogens (tertiary/aromatic N) is 1. The van der Waals surface area contributed by atoms with Crippen molar-refractivity contribution in [1.82, 2.24) is 4.90 Å². The van der Waals surface area contributed by atoms with E-state index < -0.39 is 0 Å². The lowest BCUT2D eigenvalue weighted by Crippen LogP contribution is -2.42. The van der Waals surface area contributed by atoms with E-state index in [1.165, 1.54) is 6.42 Å². The maximum absolute atomic E-state index is 12.8. The van der Waals surface area contributed by atoms with Crippen LogP contribution in [0.25, 0.3) is 0 Å². The van der Waals surface area contributed by atoms with E-state index in [1.54, 1.807) is 0 Å². The molecule has 1 aromatic rings. The summed E-state index contributed by atoms with van der Waals surface area (Å²) in [5.74, 6) is 0.672. The van der Waals surface area contributed by atoms with Gasteiger partial charge in [-0.15, -0.1) is 0 Å². The molecule has 0 bridgehead atoms. The molecule has 21 heavy (non-hydrogen) atoms. The summed E-state index contributed by atoms with van der Waals surface area (Å²) in [6.07, 6.45) is 4.38. The van der Waals surface area contributed by atoms with E-state index in [0.29, 0.717) is 25.6 Å². The molecule has 0 heterocycles. The van der Waals surface area contributed by atoms with Crippen LogP contribution in [0.15, 0.2) is 24.3 Å². The molecule has 1 fully saturated rings. The number of nitrogens with two attached hydrogens (primary N) is 1. The van der Waals surface area contributed by atoms with Crippen LogP contribution in [0.5, 0.6) is 0 Å². The average molecular weight is 309 g/mol. The smallest absolute Gasteiger partial charge is 0.226 e. The SMILES string of the molecule is CCN(Cc1ccccc1Cl)C(=O)C1CCCCC1CN. The topological polar surface area (TPSA) is 46.3 Å². The number of hydrogen-bond acceptors (Lipinski definition) is 2. The van der Waals surface area contributed by atoms with Crippen LogP contribution in [0.3, 0.4) is 0 Å². The van der Waals surface area contributed by atoms with Crippen molar-refractivity contribution in [3.05, 3.63) is 34.9 Å². The molecule has 1 aliphatic carbocycles. The normalized spacial score (nSPS) is 22.0. The van der Waals surface area contributed by atoms with E-state index in [2.05, 4.69) is 0 Å². The highest BCUT2D eigenvalue weighted by Gasteiger charge is 2.32. The Balaban J connectivity index is 2.09. The highest BCUT2D eigenvalue weighted by Crippen LogP contribution is 2.31. The third-order valence-electron chi connectivity index (χ3n) is 4.54. The molecule has 0 spiro atoms. The van der Waals surface area contributed by atoms with Gasteiger partial charge < -0.3 is 10.6 Å². The molecule has 1 amide bonds. The van der Waals surface area contributed by atoms with Gasteiger partial charge in [-0.3, -0.25) is 4.79 Å². The number of carbonyl (C=O) groups is 1. The summed E-state index contributed by atoms with van der Waals surface area (Å²) < 4.78 is 0. The standard InChI is InChI=1S/C17H25ClN2O/c1-2-20(12-14-8-4-6-10-16(14)18)17(21)15-9-5-3-7-13(15)11-19/h4,6,8,10,13,15H,2-3,5,7,9,11-12,19H2,1H3. The molecule has 2 rings (SSSR count). The maximum Gasteiger partial charge on any atom is 0.226 e. The van der Waals surface area contributed by atoms with Gasteiger partial charge in [-0.25, -0.2) is 0 Å². The fraction of sp³-hybridized carbons (Fsp3) is 0.588. The third-order valence-corrected chi connectivity index (χ3v) is 4.91. The Morgan fingerprint density at radius 2 is 2.05 bits per heavy atom. The van der Waals surface area contributed by atoms with Crippen molar-refractivity contribution in [3.63, 3.8) is 0 Å².